The minimum Gasteiger partial charge on any atom is -0.234 e. The number of para-hydroxylation sites is 1. The molecule has 2 aromatic carbocycles. The lowest BCUT2D eigenvalue weighted by molar-refractivity contribution is 0.552. The summed E-state index contributed by atoms with van der Waals surface area (Å²) in [4.78, 5) is 1.49. The van der Waals surface area contributed by atoms with E-state index in [-0.39, 0.29) is 0 Å². The van der Waals surface area contributed by atoms with Crippen LogP contribution in [0.3, 0.4) is 0 Å². The van der Waals surface area contributed by atoms with E-state index >= 15 is 0 Å². The summed E-state index contributed by atoms with van der Waals surface area (Å²) >= 11 is 0. The third kappa shape index (κ3) is 3.20. The first-order valence-corrected chi connectivity index (χ1v) is 8.54. The zero-order valence-electron chi connectivity index (χ0n) is 15.0. The standard InChI is InChI=1S/C20H17N7/c1-14-8-10-16(11-9-14)20-22-25-26(24-20)13-19-18(12-21)15(2)23-27(19)17-6-4-3-5-7-17/h3-11H,13H2,1-2H3. The minimum absolute atomic E-state index is 0.303. The number of nitrogens with zero attached hydrogens (tertiary/aromatic N) is 7. The van der Waals surface area contributed by atoms with Gasteiger partial charge in [-0.3, -0.25) is 0 Å². The Balaban J connectivity index is 1.71. The first-order valence-electron chi connectivity index (χ1n) is 8.54. The lowest BCUT2D eigenvalue weighted by Crippen LogP contribution is -2.11. The van der Waals surface area contributed by atoms with E-state index in [9.17, 15) is 5.26 Å². The van der Waals surface area contributed by atoms with E-state index < -0.39 is 0 Å². The maximum absolute atomic E-state index is 9.58. The van der Waals surface area contributed by atoms with Gasteiger partial charge in [0.25, 0.3) is 0 Å². The van der Waals surface area contributed by atoms with Gasteiger partial charge >= 0.3 is 0 Å². The van der Waals surface area contributed by atoms with Crippen LogP contribution in [0.4, 0.5) is 0 Å². The van der Waals surface area contributed by atoms with Gasteiger partial charge in [0.1, 0.15) is 12.6 Å². The highest BCUT2D eigenvalue weighted by Crippen LogP contribution is 2.19. The fourth-order valence-electron chi connectivity index (χ4n) is 2.91. The van der Waals surface area contributed by atoms with Gasteiger partial charge in [-0.25, -0.2) is 4.68 Å². The normalized spacial score (nSPS) is 10.7. The summed E-state index contributed by atoms with van der Waals surface area (Å²) in [6.45, 7) is 4.16. The monoisotopic (exact) mass is 355 g/mol. The van der Waals surface area contributed by atoms with Crippen molar-refractivity contribution in [1.82, 2.24) is 30.0 Å². The lowest BCUT2D eigenvalue weighted by atomic mass is 10.1. The number of hydrogen-bond donors (Lipinski definition) is 0. The average Bonchev–Trinajstić information content (AvgIpc) is 3.28. The number of nitriles is 1. The molecular formula is C20H17N7. The van der Waals surface area contributed by atoms with Crippen LogP contribution in [0, 0.1) is 25.2 Å². The second-order valence-corrected chi connectivity index (χ2v) is 6.28. The number of benzene rings is 2. The summed E-state index contributed by atoms with van der Waals surface area (Å²) in [5, 5.41) is 26.9. The highest BCUT2D eigenvalue weighted by Gasteiger charge is 2.18. The Labute approximate surface area is 156 Å². The molecule has 0 aliphatic carbocycles. The molecule has 0 aliphatic heterocycles. The molecule has 0 unspecified atom stereocenters. The molecule has 0 saturated carbocycles. The molecule has 0 radical (unpaired) electrons. The largest absolute Gasteiger partial charge is 0.234 e. The number of aromatic nitrogens is 6. The molecule has 27 heavy (non-hydrogen) atoms. The Morgan fingerprint density at radius 1 is 0.963 bits per heavy atom. The third-order valence-corrected chi connectivity index (χ3v) is 4.32. The molecule has 0 spiro atoms. The van der Waals surface area contributed by atoms with Crippen LogP contribution >= 0.6 is 0 Å². The van der Waals surface area contributed by atoms with Crippen molar-refractivity contribution < 1.29 is 0 Å². The first-order chi connectivity index (χ1) is 13.2. The van der Waals surface area contributed by atoms with E-state index in [4.69, 9.17) is 0 Å². The Morgan fingerprint density at radius 3 is 2.41 bits per heavy atom. The highest BCUT2D eigenvalue weighted by atomic mass is 15.6. The van der Waals surface area contributed by atoms with Crippen LogP contribution in [-0.2, 0) is 6.54 Å². The van der Waals surface area contributed by atoms with Crippen LogP contribution in [0.15, 0.2) is 54.6 Å². The number of rotatable bonds is 4. The summed E-state index contributed by atoms with van der Waals surface area (Å²) in [6.07, 6.45) is 0. The van der Waals surface area contributed by atoms with Crippen LogP contribution in [0.25, 0.3) is 17.1 Å². The fourth-order valence-corrected chi connectivity index (χ4v) is 2.91. The van der Waals surface area contributed by atoms with E-state index in [0.29, 0.717) is 23.6 Å². The predicted octanol–water partition coefficient (Wildman–Crippen LogP) is 3.06. The Bertz CT molecular complexity index is 1120. The second-order valence-electron chi connectivity index (χ2n) is 6.28. The molecule has 4 rings (SSSR count). The van der Waals surface area contributed by atoms with E-state index in [0.717, 1.165) is 16.9 Å². The van der Waals surface area contributed by atoms with Crippen LogP contribution in [0.2, 0.25) is 0 Å². The van der Waals surface area contributed by atoms with Crippen molar-refractivity contribution in [2.75, 3.05) is 0 Å². The summed E-state index contributed by atoms with van der Waals surface area (Å²) in [7, 11) is 0. The van der Waals surface area contributed by atoms with Crippen molar-refractivity contribution in [3.05, 3.63) is 77.1 Å². The van der Waals surface area contributed by atoms with E-state index in [1.165, 1.54) is 10.4 Å². The molecule has 2 heterocycles. The Kier molecular flexibility index (Phi) is 4.22. The molecule has 0 atom stereocenters. The summed E-state index contributed by atoms with van der Waals surface area (Å²) in [5.41, 5.74) is 4.90. The van der Waals surface area contributed by atoms with Gasteiger partial charge in [0.15, 0.2) is 0 Å². The minimum atomic E-state index is 0.303. The van der Waals surface area contributed by atoms with E-state index in [2.05, 4.69) is 26.6 Å². The van der Waals surface area contributed by atoms with Gasteiger partial charge in [-0.15, -0.1) is 10.2 Å². The second kappa shape index (κ2) is 6.84. The molecule has 4 aromatic rings. The Morgan fingerprint density at radius 2 is 1.70 bits per heavy atom. The molecule has 0 bridgehead atoms. The zero-order chi connectivity index (χ0) is 18.8. The zero-order valence-corrected chi connectivity index (χ0v) is 15.0. The van der Waals surface area contributed by atoms with Gasteiger partial charge in [-0.2, -0.15) is 15.2 Å². The van der Waals surface area contributed by atoms with Crippen molar-refractivity contribution in [3.8, 4) is 23.1 Å². The van der Waals surface area contributed by atoms with Crippen molar-refractivity contribution >= 4 is 0 Å². The van der Waals surface area contributed by atoms with E-state index in [1.807, 2.05) is 68.4 Å². The van der Waals surface area contributed by atoms with Gasteiger partial charge in [0.05, 0.1) is 22.6 Å². The summed E-state index contributed by atoms with van der Waals surface area (Å²) in [6, 6.07) is 19.9. The van der Waals surface area contributed by atoms with Gasteiger partial charge < -0.3 is 0 Å². The maximum atomic E-state index is 9.58. The Hall–Kier alpha value is -3.79. The summed E-state index contributed by atoms with van der Waals surface area (Å²) < 4.78 is 1.77. The van der Waals surface area contributed by atoms with Crippen LogP contribution in [0.1, 0.15) is 22.5 Å². The molecule has 0 fully saturated rings. The molecule has 0 saturated heterocycles. The van der Waals surface area contributed by atoms with Crippen molar-refractivity contribution in [1.29, 1.82) is 5.26 Å². The quantitative estimate of drug-likeness (QED) is 0.562. The topological polar surface area (TPSA) is 85.2 Å². The lowest BCUT2D eigenvalue weighted by Gasteiger charge is -2.07. The average molecular weight is 355 g/mol. The molecule has 132 valence electrons. The third-order valence-electron chi connectivity index (χ3n) is 4.32. The van der Waals surface area contributed by atoms with Gasteiger partial charge in [-0.1, -0.05) is 48.0 Å². The molecular weight excluding hydrogens is 338 g/mol. The number of hydrogen-bond acceptors (Lipinski definition) is 5. The van der Waals surface area contributed by atoms with Crippen LogP contribution in [0.5, 0.6) is 0 Å². The van der Waals surface area contributed by atoms with Gasteiger partial charge in [0, 0.05) is 5.56 Å². The number of tetrazole rings is 1. The van der Waals surface area contributed by atoms with Crippen molar-refractivity contribution in [2.24, 2.45) is 0 Å². The number of aryl methyl sites for hydroxylation is 2. The van der Waals surface area contributed by atoms with Crippen LogP contribution < -0.4 is 0 Å². The highest BCUT2D eigenvalue weighted by molar-refractivity contribution is 5.54. The van der Waals surface area contributed by atoms with Gasteiger partial charge in [-0.05, 0) is 31.2 Å². The molecule has 0 aliphatic rings. The predicted molar refractivity (Wildman–Crippen MR) is 100 cm³/mol. The maximum Gasteiger partial charge on any atom is 0.204 e. The molecule has 7 heteroatoms. The molecule has 7 nitrogen and oxygen atoms in total. The first kappa shape index (κ1) is 16.7. The van der Waals surface area contributed by atoms with Crippen molar-refractivity contribution in [2.45, 2.75) is 20.4 Å². The fraction of sp³-hybridized carbons (Fsp3) is 0.150. The van der Waals surface area contributed by atoms with Crippen molar-refractivity contribution in [3.63, 3.8) is 0 Å². The summed E-state index contributed by atoms with van der Waals surface area (Å²) in [5.74, 6) is 0.552. The van der Waals surface area contributed by atoms with Gasteiger partial charge in [0.2, 0.25) is 5.82 Å². The van der Waals surface area contributed by atoms with E-state index in [1.54, 1.807) is 4.68 Å². The smallest absolute Gasteiger partial charge is 0.204 e. The van der Waals surface area contributed by atoms with Crippen LogP contribution in [-0.4, -0.2) is 30.0 Å². The molecule has 0 amide bonds. The SMILES string of the molecule is Cc1ccc(-c2nnn(Cc3c(C#N)c(C)nn3-c3ccccc3)n2)cc1. The molecule has 0 N–H and O–H groups in total. The molecule has 2 aromatic heterocycles.